The van der Waals surface area contributed by atoms with Crippen LogP contribution in [0.4, 0.5) is 8.78 Å². The highest BCUT2D eigenvalue weighted by Crippen LogP contribution is 2.32. The molecule has 17 heavy (non-hydrogen) atoms. The molecule has 1 aromatic rings. The summed E-state index contributed by atoms with van der Waals surface area (Å²) >= 11 is 5.95. The third kappa shape index (κ3) is 2.59. The highest BCUT2D eigenvalue weighted by molar-refractivity contribution is 6.31. The zero-order valence-electron chi connectivity index (χ0n) is 9.47. The number of benzene rings is 1. The molecule has 1 saturated heterocycles. The monoisotopic (exact) mass is 261 g/mol. The highest BCUT2D eigenvalue weighted by Gasteiger charge is 2.28. The molecule has 1 fully saturated rings. The topological polar surface area (TPSA) is 21.3 Å². The van der Waals surface area contributed by atoms with Gasteiger partial charge in [0.25, 0.3) is 0 Å². The molecule has 2 nitrogen and oxygen atoms in total. The Kier molecular flexibility index (Phi) is 3.97. The third-order valence-electron chi connectivity index (χ3n) is 3.02. The van der Waals surface area contributed by atoms with Crippen LogP contribution >= 0.6 is 11.6 Å². The molecule has 2 atom stereocenters. The fourth-order valence-corrected chi connectivity index (χ4v) is 2.45. The molecule has 0 saturated carbocycles. The van der Waals surface area contributed by atoms with Crippen molar-refractivity contribution in [2.24, 2.45) is 0 Å². The van der Waals surface area contributed by atoms with Gasteiger partial charge in [0.05, 0.1) is 12.1 Å². The lowest BCUT2D eigenvalue weighted by molar-refractivity contribution is 0.0807. The molecule has 0 amide bonds. The molecule has 1 N–H and O–H groups in total. The Morgan fingerprint density at radius 1 is 1.41 bits per heavy atom. The van der Waals surface area contributed by atoms with Gasteiger partial charge in [0.2, 0.25) is 0 Å². The zero-order valence-corrected chi connectivity index (χ0v) is 10.2. The third-order valence-corrected chi connectivity index (χ3v) is 3.35. The Morgan fingerprint density at radius 3 is 2.71 bits per heavy atom. The van der Waals surface area contributed by atoms with Crippen molar-refractivity contribution >= 4 is 11.6 Å². The SMILES string of the molecule is CNC(c1cc(F)c(F)cc1Cl)C1CCCO1. The number of ether oxygens (including phenoxy) is 1. The lowest BCUT2D eigenvalue weighted by Gasteiger charge is -2.23. The van der Waals surface area contributed by atoms with Gasteiger partial charge in [0.15, 0.2) is 11.6 Å². The van der Waals surface area contributed by atoms with Crippen LogP contribution in [0.2, 0.25) is 5.02 Å². The molecule has 1 heterocycles. The molecule has 2 unspecified atom stereocenters. The predicted molar refractivity (Wildman–Crippen MR) is 62.1 cm³/mol. The van der Waals surface area contributed by atoms with Gasteiger partial charge in [-0.05, 0) is 37.6 Å². The van der Waals surface area contributed by atoms with E-state index < -0.39 is 11.6 Å². The number of rotatable bonds is 3. The lowest BCUT2D eigenvalue weighted by atomic mass is 9.99. The minimum absolute atomic E-state index is 0.0395. The van der Waals surface area contributed by atoms with Crippen molar-refractivity contribution in [3.8, 4) is 0 Å². The summed E-state index contributed by atoms with van der Waals surface area (Å²) in [5.41, 5.74) is 0.542. The molecular formula is C12H14ClF2NO. The van der Waals surface area contributed by atoms with Gasteiger partial charge in [-0.3, -0.25) is 0 Å². The highest BCUT2D eigenvalue weighted by atomic mass is 35.5. The van der Waals surface area contributed by atoms with Crippen LogP contribution < -0.4 is 5.32 Å². The van der Waals surface area contributed by atoms with E-state index in [4.69, 9.17) is 16.3 Å². The summed E-state index contributed by atoms with van der Waals surface area (Å²) in [7, 11) is 1.75. The molecule has 0 bridgehead atoms. The van der Waals surface area contributed by atoms with E-state index in [9.17, 15) is 8.78 Å². The quantitative estimate of drug-likeness (QED) is 0.845. The average Bonchev–Trinajstić information content (AvgIpc) is 2.80. The minimum Gasteiger partial charge on any atom is -0.376 e. The van der Waals surface area contributed by atoms with Crippen molar-refractivity contribution in [1.82, 2.24) is 5.32 Å². The van der Waals surface area contributed by atoms with E-state index in [2.05, 4.69) is 5.32 Å². The average molecular weight is 262 g/mol. The summed E-state index contributed by atoms with van der Waals surface area (Å²) in [6.45, 7) is 0.699. The number of nitrogens with one attached hydrogen (secondary N) is 1. The van der Waals surface area contributed by atoms with Gasteiger partial charge < -0.3 is 10.1 Å². The summed E-state index contributed by atoms with van der Waals surface area (Å²) < 4.78 is 31.8. The van der Waals surface area contributed by atoms with Crippen LogP contribution in [-0.2, 0) is 4.74 Å². The van der Waals surface area contributed by atoms with E-state index in [0.717, 1.165) is 25.0 Å². The van der Waals surface area contributed by atoms with Gasteiger partial charge in [-0.2, -0.15) is 0 Å². The summed E-state index contributed by atoms with van der Waals surface area (Å²) in [5, 5.41) is 3.27. The van der Waals surface area contributed by atoms with E-state index in [-0.39, 0.29) is 17.2 Å². The maximum Gasteiger partial charge on any atom is 0.160 e. The first-order chi connectivity index (χ1) is 8.13. The maximum atomic E-state index is 13.2. The molecule has 1 aliphatic rings. The van der Waals surface area contributed by atoms with Crippen LogP contribution in [0.15, 0.2) is 12.1 Å². The largest absolute Gasteiger partial charge is 0.376 e. The normalized spacial score (nSPS) is 21.8. The number of halogens is 3. The fraction of sp³-hybridized carbons (Fsp3) is 0.500. The van der Waals surface area contributed by atoms with Crippen LogP contribution in [-0.4, -0.2) is 19.8 Å². The molecule has 0 spiro atoms. The Bertz CT molecular complexity index is 408. The van der Waals surface area contributed by atoms with E-state index in [1.54, 1.807) is 7.05 Å². The Labute approximate surface area is 104 Å². The lowest BCUT2D eigenvalue weighted by Crippen LogP contribution is -2.29. The summed E-state index contributed by atoms with van der Waals surface area (Å²) in [4.78, 5) is 0. The van der Waals surface area contributed by atoms with Crippen molar-refractivity contribution in [2.75, 3.05) is 13.7 Å². The van der Waals surface area contributed by atoms with E-state index in [1.165, 1.54) is 0 Å². The Hall–Kier alpha value is -0.710. The second-order valence-electron chi connectivity index (χ2n) is 4.11. The summed E-state index contributed by atoms with van der Waals surface area (Å²) in [6, 6.07) is 1.94. The van der Waals surface area contributed by atoms with Crippen LogP contribution in [0.3, 0.4) is 0 Å². The molecule has 0 radical (unpaired) electrons. The van der Waals surface area contributed by atoms with Gasteiger partial charge in [-0.1, -0.05) is 11.6 Å². The van der Waals surface area contributed by atoms with E-state index in [1.807, 2.05) is 0 Å². The van der Waals surface area contributed by atoms with Gasteiger partial charge in [-0.25, -0.2) is 8.78 Å². The van der Waals surface area contributed by atoms with Crippen LogP contribution in [0.25, 0.3) is 0 Å². The summed E-state index contributed by atoms with van der Waals surface area (Å²) in [5.74, 6) is -1.82. The van der Waals surface area contributed by atoms with Gasteiger partial charge in [0.1, 0.15) is 0 Å². The number of hydrogen-bond acceptors (Lipinski definition) is 2. The second kappa shape index (κ2) is 5.29. The zero-order chi connectivity index (χ0) is 12.4. The van der Waals surface area contributed by atoms with Crippen LogP contribution in [0.5, 0.6) is 0 Å². The standard InChI is InChI=1S/C12H14ClF2NO/c1-16-12(11-3-2-4-17-11)7-5-9(14)10(15)6-8(7)13/h5-6,11-12,16H,2-4H2,1H3. The molecule has 1 aromatic carbocycles. The molecule has 2 rings (SSSR count). The molecule has 0 aromatic heterocycles. The molecule has 0 aliphatic carbocycles. The first-order valence-electron chi connectivity index (χ1n) is 5.56. The second-order valence-corrected chi connectivity index (χ2v) is 4.51. The first-order valence-corrected chi connectivity index (χ1v) is 5.94. The molecule has 5 heteroatoms. The van der Waals surface area contributed by atoms with Gasteiger partial charge in [-0.15, -0.1) is 0 Å². The van der Waals surface area contributed by atoms with Crippen molar-refractivity contribution in [3.63, 3.8) is 0 Å². The van der Waals surface area contributed by atoms with Crippen molar-refractivity contribution in [3.05, 3.63) is 34.4 Å². The predicted octanol–water partition coefficient (Wildman–Crippen LogP) is 3.06. The Morgan fingerprint density at radius 2 is 2.12 bits per heavy atom. The van der Waals surface area contributed by atoms with E-state index in [0.29, 0.717) is 12.2 Å². The summed E-state index contributed by atoms with van der Waals surface area (Å²) in [6.07, 6.45) is 1.83. The van der Waals surface area contributed by atoms with Crippen LogP contribution in [0, 0.1) is 11.6 Å². The first kappa shape index (κ1) is 12.7. The van der Waals surface area contributed by atoms with Gasteiger partial charge in [0, 0.05) is 11.6 Å². The smallest absolute Gasteiger partial charge is 0.160 e. The molecular weight excluding hydrogens is 248 g/mol. The fourth-order valence-electron chi connectivity index (χ4n) is 2.18. The minimum atomic E-state index is -0.930. The van der Waals surface area contributed by atoms with Crippen molar-refractivity contribution in [1.29, 1.82) is 0 Å². The van der Waals surface area contributed by atoms with Crippen molar-refractivity contribution in [2.45, 2.75) is 25.0 Å². The number of likely N-dealkylation sites (N-methyl/N-ethyl adjacent to an activating group) is 1. The van der Waals surface area contributed by atoms with E-state index >= 15 is 0 Å². The van der Waals surface area contributed by atoms with Gasteiger partial charge >= 0.3 is 0 Å². The molecule has 1 aliphatic heterocycles. The maximum absolute atomic E-state index is 13.2. The van der Waals surface area contributed by atoms with Crippen LogP contribution in [0.1, 0.15) is 24.4 Å². The molecule has 94 valence electrons. The number of hydrogen-bond donors (Lipinski definition) is 1. The Balaban J connectivity index is 2.32. The van der Waals surface area contributed by atoms with Crippen molar-refractivity contribution < 1.29 is 13.5 Å².